The molecule has 0 radical (unpaired) electrons. The molecule has 0 unspecified atom stereocenters. The number of benzene rings is 2. The fraction of sp³-hybridized carbons (Fsp3) is 0.391. The highest BCUT2D eigenvalue weighted by atomic mass is 19.1. The molecule has 0 saturated carbocycles. The lowest BCUT2D eigenvalue weighted by Gasteiger charge is -2.39. The number of hydrogen-bond donors (Lipinski definition) is 0. The summed E-state index contributed by atoms with van der Waals surface area (Å²) in [6, 6.07) is 15.0. The highest BCUT2D eigenvalue weighted by molar-refractivity contribution is 5.79. The second-order valence-corrected chi connectivity index (χ2v) is 8.01. The van der Waals surface area contributed by atoms with E-state index in [-0.39, 0.29) is 17.6 Å². The summed E-state index contributed by atoms with van der Waals surface area (Å²) < 4.78 is 19.0. The molecule has 2 fully saturated rings. The minimum atomic E-state index is -0.225. The first-order valence-corrected chi connectivity index (χ1v) is 10.6. The van der Waals surface area contributed by atoms with Crippen LogP contribution < -0.4 is 9.80 Å². The average molecular weight is 408 g/mol. The number of rotatable bonds is 3. The molecule has 1 aromatic heterocycles. The zero-order valence-corrected chi connectivity index (χ0v) is 16.8. The van der Waals surface area contributed by atoms with Crippen LogP contribution in [0.5, 0.6) is 0 Å². The Morgan fingerprint density at radius 3 is 2.30 bits per heavy atom. The maximum absolute atomic E-state index is 13.1. The van der Waals surface area contributed by atoms with Gasteiger partial charge in [0, 0.05) is 50.9 Å². The lowest BCUT2D eigenvalue weighted by Crippen LogP contribution is -2.51. The molecule has 3 heterocycles. The fourth-order valence-corrected chi connectivity index (χ4v) is 4.41. The highest BCUT2D eigenvalue weighted by Crippen LogP contribution is 2.27. The SMILES string of the molecule is O=C(C1CCN(c2nc3ccccc3o2)CC1)N1CCN(c2ccc(F)cc2)CC1. The number of oxazole rings is 1. The standard InChI is InChI=1S/C23H25FN4O2/c24-18-5-7-19(8-6-18)26-13-15-27(16-14-26)22(29)17-9-11-28(12-10-17)23-25-20-3-1-2-4-21(20)30-23/h1-8,17H,9-16H2. The predicted molar refractivity (Wildman–Crippen MR) is 114 cm³/mol. The largest absolute Gasteiger partial charge is 0.423 e. The van der Waals surface area contributed by atoms with E-state index in [1.54, 1.807) is 12.1 Å². The van der Waals surface area contributed by atoms with E-state index in [1.165, 1.54) is 12.1 Å². The van der Waals surface area contributed by atoms with E-state index in [0.717, 1.165) is 55.8 Å². The van der Waals surface area contributed by atoms with Gasteiger partial charge in [0.15, 0.2) is 5.58 Å². The molecule has 0 aliphatic carbocycles. The molecule has 2 aliphatic heterocycles. The average Bonchev–Trinajstić information content (AvgIpc) is 3.24. The minimum absolute atomic E-state index is 0.0583. The van der Waals surface area contributed by atoms with E-state index in [0.29, 0.717) is 19.1 Å². The Morgan fingerprint density at radius 1 is 0.900 bits per heavy atom. The van der Waals surface area contributed by atoms with Crippen LogP contribution in [-0.2, 0) is 4.79 Å². The summed E-state index contributed by atoms with van der Waals surface area (Å²) in [7, 11) is 0. The second kappa shape index (κ2) is 7.97. The number of amides is 1. The molecule has 6 nitrogen and oxygen atoms in total. The molecule has 5 rings (SSSR count). The van der Waals surface area contributed by atoms with Gasteiger partial charge in [-0.3, -0.25) is 4.79 Å². The van der Waals surface area contributed by atoms with Crippen molar-refractivity contribution in [3.8, 4) is 0 Å². The third-order valence-electron chi connectivity index (χ3n) is 6.18. The van der Waals surface area contributed by atoms with Crippen LogP contribution in [0.4, 0.5) is 16.1 Å². The Labute approximate surface area is 174 Å². The number of hydrogen-bond acceptors (Lipinski definition) is 5. The molecular weight excluding hydrogens is 383 g/mol. The molecule has 7 heteroatoms. The van der Waals surface area contributed by atoms with Crippen LogP contribution >= 0.6 is 0 Å². The number of piperazine rings is 1. The van der Waals surface area contributed by atoms with Gasteiger partial charge in [-0.2, -0.15) is 4.98 Å². The number of anilines is 2. The van der Waals surface area contributed by atoms with E-state index in [2.05, 4.69) is 14.8 Å². The van der Waals surface area contributed by atoms with Gasteiger partial charge < -0.3 is 19.1 Å². The molecule has 0 spiro atoms. The number of nitrogens with zero attached hydrogens (tertiary/aromatic N) is 4. The monoisotopic (exact) mass is 408 g/mol. The van der Waals surface area contributed by atoms with Crippen LogP contribution in [0.3, 0.4) is 0 Å². The van der Waals surface area contributed by atoms with Crippen molar-refractivity contribution in [2.24, 2.45) is 5.92 Å². The van der Waals surface area contributed by atoms with Crippen LogP contribution in [-0.4, -0.2) is 55.1 Å². The van der Waals surface area contributed by atoms with E-state index < -0.39 is 0 Å². The van der Waals surface area contributed by atoms with Gasteiger partial charge in [-0.05, 0) is 49.2 Å². The number of aromatic nitrogens is 1. The van der Waals surface area contributed by atoms with E-state index in [1.807, 2.05) is 29.2 Å². The summed E-state index contributed by atoms with van der Waals surface area (Å²) in [5.74, 6) is 0.0886. The zero-order valence-electron chi connectivity index (χ0n) is 16.8. The van der Waals surface area contributed by atoms with Crippen LogP contribution in [0.25, 0.3) is 11.1 Å². The van der Waals surface area contributed by atoms with Gasteiger partial charge in [0.25, 0.3) is 6.01 Å². The molecule has 30 heavy (non-hydrogen) atoms. The van der Waals surface area contributed by atoms with Crippen LogP contribution in [0.15, 0.2) is 52.9 Å². The summed E-state index contributed by atoms with van der Waals surface area (Å²) in [6.45, 7) is 4.53. The van der Waals surface area contributed by atoms with E-state index in [4.69, 9.17) is 4.42 Å². The van der Waals surface area contributed by atoms with Gasteiger partial charge in [0.05, 0.1) is 0 Å². The summed E-state index contributed by atoms with van der Waals surface area (Å²) in [5, 5.41) is 0. The molecule has 0 atom stereocenters. The number of piperidine rings is 1. The zero-order chi connectivity index (χ0) is 20.5. The Kier molecular flexibility index (Phi) is 5.02. The molecule has 0 N–H and O–H groups in total. The first-order valence-electron chi connectivity index (χ1n) is 10.6. The molecule has 156 valence electrons. The Balaban J connectivity index is 1.15. The number of para-hydroxylation sites is 2. The van der Waals surface area contributed by atoms with Gasteiger partial charge >= 0.3 is 0 Å². The normalized spacial score (nSPS) is 18.2. The molecule has 1 amide bonds. The highest BCUT2D eigenvalue weighted by Gasteiger charge is 2.31. The summed E-state index contributed by atoms with van der Waals surface area (Å²) in [5.41, 5.74) is 2.67. The van der Waals surface area contributed by atoms with Gasteiger partial charge in [-0.25, -0.2) is 4.39 Å². The van der Waals surface area contributed by atoms with Gasteiger partial charge in [-0.15, -0.1) is 0 Å². The van der Waals surface area contributed by atoms with Crippen molar-refractivity contribution < 1.29 is 13.6 Å². The molecular formula is C23H25FN4O2. The topological polar surface area (TPSA) is 52.8 Å². The lowest BCUT2D eigenvalue weighted by molar-refractivity contribution is -0.136. The van der Waals surface area contributed by atoms with E-state index >= 15 is 0 Å². The van der Waals surface area contributed by atoms with Crippen molar-refractivity contribution in [3.05, 3.63) is 54.3 Å². The molecule has 0 bridgehead atoms. The summed E-state index contributed by atoms with van der Waals surface area (Å²) in [4.78, 5) is 23.9. The predicted octanol–water partition coefficient (Wildman–Crippen LogP) is 3.53. The Hall–Kier alpha value is -3.09. The van der Waals surface area contributed by atoms with E-state index in [9.17, 15) is 9.18 Å². The Bertz CT molecular complexity index is 986. The maximum atomic E-state index is 13.1. The van der Waals surface area contributed by atoms with Gasteiger partial charge in [0.2, 0.25) is 5.91 Å². The van der Waals surface area contributed by atoms with Crippen molar-refractivity contribution >= 4 is 28.7 Å². The minimum Gasteiger partial charge on any atom is -0.423 e. The number of halogens is 1. The van der Waals surface area contributed by atoms with Crippen LogP contribution in [0.2, 0.25) is 0 Å². The summed E-state index contributed by atoms with van der Waals surface area (Å²) >= 11 is 0. The number of carbonyl (C=O) groups is 1. The van der Waals surface area contributed by atoms with Crippen molar-refractivity contribution in [3.63, 3.8) is 0 Å². The van der Waals surface area contributed by atoms with Crippen molar-refractivity contribution in [1.82, 2.24) is 9.88 Å². The fourth-order valence-electron chi connectivity index (χ4n) is 4.41. The Morgan fingerprint density at radius 2 is 1.60 bits per heavy atom. The maximum Gasteiger partial charge on any atom is 0.298 e. The number of fused-ring (bicyclic) bond motifs is 1. The molecule has 2 saturated heterocycles. The number of carbonyl (C=O) groups excluding carboxylic acids is 1. The van der Waals surface area contributed by atoms with Crippen molar-refractivity contribution in [1.29, 1.82) is 0 Å². The third-order valence-corrected chi connectivity index (χ3v) is 6.18. The lowest BCUT2D eigenvalue weighted by atomic mass is 9.95. The molecule has 3 aromatic rings. The molecule has 2 aliphatic rings. The first-order chi connectivity index (χ1) is 14.7. The van der Waals surface area contributed by atoms with Gasteiger partial charge in [-0.1, -0.05) is 12.1 Å². The smallest absolute Gasteiger partial charge is 0.298 e. The first kappa shape index (κ1) is 18.9. The quantitative estimate of drug-likeness (QED) is 0.664. The van der Waals surface area contributed by atoms with Crippen LogP contribution in [0, 0.1) is 11.7 Å². The molecule has 2 aromatic carbocycles. The second-order valence-electron chi connectivity index (χ2n) is 8.01. The third kappa shape index (κ3) is 3.72. The van der Waals surface area contributed by atoms with Crippen LogP contribution in [0.1, 0.15) is 12.8 Å². The summed E-state index contributed by atoms with van der Waals surface area (Å²) in [6.07, 6.45) is 1.63. The van der Waals surface area contributed by atoms with Crippen molar-refractivity contribution in [2.75, 3.05) is 49.1 Å². The van der Waals surface area contributed by atoms with Gasteiger partial charge in [0.1, 0.15) is 11.3 Å². The van der Waals surface area contributed by atoms with Crippen molar-refractivity contribution in [2.45, 2.75) is 12.8 Å².